The van der Waals surface area contributed by atoms with Gasteiger partial charge in [0.15, 0.2) is 0 Å². The van der Waals surface area contributed by atoms with Crippen LogP contribution in [0.15, 0.2) is 41.1 Å². The van der Waals surface area contributed by atoms with Gasteiger partial charge in [0.05, 0.1) is 42.7 Å². The molecule has 3 heterocycles. The Kier molecular flexibility index (Phi) is 9.99. The molecule has 1 amide bonds. The first-order valence-electron chi connectivity index (χ1n) is 12.8. The van der Waals surface area contributed by atoms with Crippen LogP contribution in [0.25, 0.3) is 0 Å². The van der Waals surface area contributed by atoms with Crippen molar-refractivity contribution in [1.29, 1.82) is 0 Å². The molecule has 3 aliphatic heterocycles. The minimum atomic E-state index is -0.455. The van der Waals surface area contributed by atoms with Crippen LogP contribution in [-0.4, -0.2) is 67.2 Å². The molecule has 9 heteroatoms. The van der Waals surface area contributed by atoms with Crippen molar-refractivity contribution in [1.82, 2.24) is 5.32 Å². The lowest BCUT2D eigenvalue weighted by atomic mass is 9.88. The molecular formula is C27H40N2O7. The number of nitroso groups, excluding NO2 is 1. The smallest absolute Gasteiger partial charge is 0.303 e. The standard InChI is InChI=1S/C27H40N2O7/c1-17(6-9-22-13-27(16-33-27)14-23(36-22)15-28-32)7-10-25-18(2)12-24(20(4)35-25)29-26(31)11-8-19(3)34-21(5)30/h6-9,11,18-20,22-25H,10,12-16H2,1-5H3,(H,29,31)/b9-6+,11-8-,17-7+/t18-,19-,20+,22+,23-,24+,25-,27+/m0/s1. The number of esters is 1. The van der Waals surface area contributed by atoms with Crippen molar-refractivity contribution in [2.24, 2.45) is 11.1 Å². The number of amides is 1. The van der Waals surface area contributed by atoms with E-state index in [1.807, 2.05) is 13.0 Å². The van der Waals surface area contributed by atoms with Gasteiger partial charge in [-0.05, 0) is 45.6 Å². The summed E-state index contributed by atoms with van der Waals surface area (Å²) in [5.74, 6) is -0.338. The van der Waals surface area contributed by atoms with Crippen LogP contribution < -0.4 is 5.32 Å². The number of nitrogens with zero attached hydrogens (tertiary/aromatic N) is 1. The third-order valence-electron chi connectivity index (χ3n) is 7.03. The van der Waals surface area contributed by atoms with Crippen molar-refractivity contribution in [3.05, 3.63) is 40.9 Å². The molecular weight excluding hydrogens is 464 g/mol. The molecule has 0 aromatic carbocycles. The molecule has 0 radical (unpaired) electrons. The van der Waals surface area contributed by atoms with E-state index in [2.05, 4.69) is 36.5 Å². The maximum Gasteiger partial charge on any atom is 0.303 e. The number of carbonyl (C=O) groups is 2. The van der Waals surface area contributed by atoms with E-state index in [1.165, 1.54) is 13.0 Å². The van der Waals surface area contributed by atoms with E-state index in [-0.39, 0.29) is 60.4 Å². The van der Waals surface area contributed by atoms with Crippen LogP contribution in [0.3, 0.4) is 0 Å². The van der Waals surface area contributed by atoms with E-state index >= 15 is 0 Å². The maximum absolute atomic E-state index is 12.3. The fourth-order valence-electron chi connectivity index (χ4n) is 4.95. The van der Waals surface area contributed by atoms with Crippen molar-refractivity contribution in [3.8, 4) is 0 Å². The Morgan fingerprint density at radius 2 is 1.94 bits per heavy atom. The first kappa shape index (κ1) is 28.2. The molecule has 0 saturated carbocycles. The summed E-state index contributed by atoms with van der Waals surface area (Å²) in [6.07, 6.45) is 11.6. The Labute approximate surface area is 213 Å². The summed E-state index contributed by atoms with van der Waals surface area (Å²) in [5.41, 5.74) is 0.982. The summed E-state index contributed by atoms with van der Waals surface area (Å²) in [6, 6.07) is -0.0865. The summed E-state index contributed by atoms with van der Waals surface area (Å²) in [4.78, 5) is 34.0. The molecule has 0 aromatic heterocycles. The van der Waals surface area contributed by atoms with Gasteiger partial charge in [0.25, 0.3) is 0 Å². The number of hydrogen-bond acceptors (Lipinski definition) is 8. The minimum Gasteiger partial charge on any atom is -0.459 e. The highest BCUT2D eigenvalue weighted by Crippen LogP contribution is 2.42. The van der Waals surface area contributed by atoms with Crippen molar-refractivity contribution < 1.29 is 28.5 Å². The van der Waals surface area contributed by atoms with Crippen LogP contribution in [0.4, 0.5) is 0 Å². The van der Waals surface area contributed by atoms with Crippen molar-refractivity contribution >= 4 is 11.9 Å². The van der Waals surface area contributed by atoms with E-state index in [0.717, 1.165) is 37.9 Å². The van der Waals surface area contributed by atoms with Crippen LogP contribution in [0, 0.1) is 10.8 Å². The second-order valence-electron chi connectivity index (χ2n) is 10.4. The topological polar surface area (TPSA) is 116 Å². The normalized spacial score (nSPS) is 35.6. The van der Waals surface area contributed by atoms with Gasteiger partial charge in [-0.25, -0.2) is 0 Å². The van der Waals surface area contributed by atoms with E-state index in [0.29, 0.717) is 0 Å². The van der Waals surface area contributed by atoms with Gasteiger partial charge in [0, 0.05) is 25.8 Å². The van der Waals surface area contributed by atoms with Gasteiger partial charge in [0.2, 0.25) is 5.91 Å². The van der Waals surface area contributed by atoms with E-state index in [1.54, 1.807) is 13.0 Å². The number of epoxide rings is 1. The Balaban J connectivity index is 1.46. The predicted molar refractivity (Wildman–Crippen MR) is 135 cm³/mol. The van der Waals surface area contributed by atoms with Gasteiger partial charge in [-0.15, -0.1) is 0 Å². The molecule has 0 aliphatic carbocycles. The summed E-state index contributed by atoms with van der Waals surface area (Å²) in [5, 5.41) is 6.01. The highest BCUT2D eigenvalue weighted by Gasteiger charge is 2.51. The molecule has 1 spiro atoms. The average Bonchev–Trinajstić information content (AvgIpc) is 3.54. The summed E-state index contributed by atoms with van der Waals surface area (Å²) in [6.45, 7) is 10.1. The van der Waals surface area contributed by atoms with Crippen LogP contribution >= 0.6 is 0 Å². The van der Waals surface area contributed by atoms with Gasteiger partial charge in [0.1, 0.15) is 12.6 Å². The summed E-state index contributed by atoms with van der Waals surface area (Å²) >= 11 is 0. The predicted octanol–water partition coefficient (Wildman–Crippen LogP) is 3.77. The van der Waals surface area contributed by atoms with Gasteiger partial charge >= 0.3 is 5.97 Å². The lowest BCUT2D eigenvalue weighted by molar-refractivity contribution is -0.143. The number of carbonyl (C=O) groups excluding carboxylic acids is 2. The number of rotatable bonds is 10. The minimum absolute atomic E-state index is 0.0631. The van der Waals surface area contributed by atoms with Crippen molar-refractivity contribution in [3.63, 3.8) is 0 Å². The van der Waals surface area contributed by atoms with Gasteiger partial charge in [-0.1, -0.05) is 35.9 Å². The number of hydrogen-bond donors (Lipinski definition) is 1. The molecule has 3 rings (SSSR count). The lowest BCUT2D eigenvalue weighted by Crippen LogP contribution is -2.50. The van der Waals surface area contributed by atoms with Gasteiger partial charge in [-0.3, -0.25) is 9.59 Å². The largest absolute Gasteiger partial charge is 0.459 e. The Bertz CT molecular complexity index is 879. The fourth-order valence-corrected chi connectivity index (χ4v) is 4.95. The van der Waals surface area contributed by atoms with Crippen LogP contribution in [0.1, 0.15) is 60.3 Å². The molecule has 0 aromatic rings. The fraction of sp³-hybridized carbons (Fsp3) is 0.704. The van der Waals surface area contributed by atoms with Crippen molar-refractivity contribution in [2.75, 3.05) is 13.2 Å². The second kappa shape index (κ2) is 12.7. The molecule has 36 heavy (non-hydrogen) atoms. The van der Waals surface area contributed by atoms with Crippen LogP contribution in [0.5, 0.6) is 0 Å². The molecule has 0 bridgehead atoms. The first-order chi connectivity index (χ1) is 17.1. The third kappa shape index (κ3) is 8.64. The molecule has 3 saturated heterocycles. The zero-order chi connectivity index (χ0) is 26.3. The molecule has 1 N–H and O–H groups in total. The monoisotopic (exact) mass is 504 g/mol. The SMILES string of the molecule is CC(=O)O[C@@H](C)/C=C\C(=O)N[C@@H]1C[C@H](C)[C@H](C/C=C(C)/C=C/[C@@H]2C[C@]3(CO3)C[C@@H](CN=O)O2)O[C@@H]1C. The highest BCUT2D eigenvalue weighted by atomic mass is 16.6. The molecule has 8 atom stereocenters. The zero-order valence-electron chi connectivity index (χ0n) is 22.0. The van der Waals surface area contributed by atoms with Gasteiger partial charge in [-0.2, -0.15) is 4.91 Å². The molecule has 3 aliphatic rings. The van der Waals surface area contributed by atoms with E-state index in [4.69, 9.17) is 18.9 Å². The zero-order valence-corrected chi connectivity index (χ0v) is 22.0. The number of ether oxygens (including phenoxy) is 4. The molecule has 3 fully saturated rings. The maximum atomic E-state index is 12.3. The quantitative estimate of drug-likeness (QED) is 0.158. The summed E-state index contributed by atoms with van der Waals surface area (Å²) < 4.78 is 22.9. The summed E-state index contributed by atoms with van der Waals surface area (Å²) in [7, 11) is 0. The number of nitrogens with one attached hydrogen (secondary N) is 1. The Morgan fingerprint density at radius 1 is 1.19 bits per heavy atom. The van der Waals surface area contributed by atoms with Gasteiger partial charge < -0.3 is 24.3 Å². The first-order valence-corrected chi connectivity index (χ1v) is 12.8. The Hall–Kier alpha value is -2.36. The molecule has 200 valence electrons. The van der Waals surface area contributed by atoms with Crippen LogP contribution in [0.2, 0.25) is 0 Å². The molecule has 9 nitrogen and oxygen atoms in total. The number of allylic oxidation sites excluding steroid dienone is 2. The Morgan fingerprint density at radius 3 is 2.61 bits per heavy atom. The van der Waals surface area contributed by atoms with E-state index in [9.17, 15) is 14.5 Å². The second-order valence-corrected chi connectivity index (χ2v) is 10.4. The van der Waals surface area contributed by atoms with Crippen LogP contribution in [-0.2, 0) is 28.5 Å². The third-order valence-corrected chi connectivity index (χ3v) is 7.03. The molecule has 0 unspecified atom stereocenters. The average molecular weight is 505 g/mol. The highest BCUT2D eigenvalue weighted by molar-refractivity contribution is 5.87. The van der Waals surface area contributed by atoms with E-state index < -0.39 is 6.10 Å². The van der Waals surface area contributed by atoms with Crippen molar-refractivity contribution in [2.45, 2.75) is 102 Å². The lowest BCUT2D eigenvalue weighted by Gasteiger charge is -2.39.